The predicted molar refractivity (Wildman–Crippen MR) is 95.5 cm³/mol. The number of nitrogens with zero attached hydrogens (tertiary/aromatic N) is 2. The second-order valence-corrected chi connectivity index (χ2v) is 5.93. The first-order chi connectivity index (χ1) is 12.4. The summed E-state index contributed by atoms with van der Waals surface area (Å²) < 4.78 is 10.4. The Labute approximate surface area is 148 Å². The molecule has 1 amide bonds. The van der Waals surface area contributed by atoms with Crippen LogP contribution in [-0.4, -0.2) is 23.1 Å². The van der Waals surface area contributed by atoms with Gasteiger partial charge in [-0.3, -0.25) is 14.9 Å². The maximum Gasteiger partial charge on any atom is 0.271 e. The standard InChI is InChI=1S/C18H17N3O5/c1-10-6-13-14(20-26-17(13)7-11(10)2)9-18(22)19-15-8-12(21(23)24)4-5-16(15)25-3/h4-8H,9H2,1-3H3,(H,19,22). The van der Waals surface area contributed by atoms with E-state index in [4.69, 9.17) is 9.26 Å². The monoisotopic (exact) mass is 355 g/mol. The van der Waals surface area contributed by atoms with Gasteiger partial charge in [-0.25, -0.2) is 0 Å². The minimum absolute atomic E-state index is 0.0264. The summed E-state index contributed by atoms with van der Waals surface area (Å²) >= 11 is 0. The van der Waals surface area contributed by atoms with Crippen LogP contribution in [0.3, 0.4) is 0 Å². The lowest BCUT2D eigenvalue weighted by Gasteiger charge is -2.09. The second kappa shape index (κ2) is 6.83. The third kappa shape index (κ3) is 3.34. The molecular formula is C18H17N3O5. The Hall–Kier alpha value is -3.42. The first-order valence-corrected chi connectivity index (χ1v) is 7.87. The quantitative estimate of drug-likeness (QED) is 0.554. The van der Waals surface area contributed by atoms with Gasteiger partial charge in [0.05, 0.1) is 24.1 Å². The van der Waals surface area contributed by atoms with Crippen LogP contribution in [0.2, 0.25) is 0 Å². The van der Waals surface area contributed by atoms with E-state index in [1.807, 2.05) is 26.0 Å². The molecule has 0 unspecified atom stereocenters. The summed E-state index contributed by atoms with van der Waals surface area (Å²) in [4.78, 5) is 22.8. The number of nitro groups is 1. The molecule has 0 aliphatic carbocycles. The summed E-state index contributed by atoms with van der Waals surface area (Å²) in [5.41, 5.74) is 3.35. The van der Waals surface area contributed by atoms with Crippen LogP contribution in [0.25, 0.3) is 11.0 Å². The van der Waals surface area contributed by atoms with E-state index in [0.29, 0.717) is 17.0 Å². The number of benzene rings is 2. The van der Waals surface area contributed by atoms with Gasteiger partial charge in [-0.2, -0.15) is 0 Å². The van der Waals surface area contributed by atoms with E-state index in [1.54, 1.807) is 0 Å². The molecule has 0 radical (unpaired) electrons. The normalized spacial score (nSPS) is 10.7. The number of amides is 1. The highest BCUT2D eigenvalue weighted by atomic mass is 16.6. The van der Waals surface area contributed by atoms with Crippen LogP contribution in [0.15, 0.2) is 34.9 Å². The van der Waals surface area contributed by atoms with Crippen molar-refractivity contribution in [1.82, 2.24) is 5.16 Å². The highest BCUT2D eigenvalue weighted by Crippen LogP contribution is 2.29. The van der Waals surface area contributed by atoms with Crippen molar-refractivity contribution in [2.75, 3.05) is 12.4 Å². The van der Waals surface area contributed by atoms with Crippen LogP contribution in [0.5, 0.6) is 5.75 Å². The molecule has 0 fully saturated rings. The molecule has 0 aliphatic heterocycles. The second-order valence-electron chi connectivity index (χ2n) is 5.93. The zero-order chi connectivity index (χ0) is 18.8. The van der Waals surface area contributed by atoms with Crippen LogP contribution >= 0.6 is 0 Å². The average molecular weight is 355 g/mol. The third-order valence-corrected chi connectivity index (χ3v) is 4.16. The largest absolute Gasteiger partial charge is 0.495 e. The van der Waals surface area contributed by atoms with E-state index in [0.717, 1.165) is 16.5 Å². The Kier molecular flexibility index (Phi) is 4.57. The summed E-state index contributed by atoms with van der Waals surface area (Å²) in [5.74, 6) is -0.0438. The first-order valence-electron chi connectivity index (χ1n) is 7.87. The number of ether oxygens (including phenoxy) is 1. The zero-order valence-electron chi connectivity index (χ0n) is 14.5. The topological polar surface area (TPSA) is 108 Å². The summed E-state index contributed by atoms with van der Waals surface area (Å²) in [6.45, 7) is 3.94. The molecule has 0 atom stereocenters. The average Bonchev–Trinajstić information content (AvgIpc) is 2.96. The summed E-state index contributed by atoms with van der Waals surface area (Å²) in [6.07, 6.45) is -0.0264. The van der Waals surface area contributed by atoms with Gasteiger partial charge in [0, 0.05) is 17.5 Å². The summed E-state index contributed by atoms with van der Waals surface area (Å²) in [5, 5.41) is 18.3. The molecule has 0 saturated carbocycles. The molecule has 8 nitrogen and oxygen atoms in total. The van der Waals surface area contributed by atoms with E-state index in [9.17, 15) is 14.9 Å². The van der Waals surface area contributed by atoms with Crippen molar-refractivity contribution < 1.29 is 19.0 Å². The Morgan fingerprint density at radius 2 is 2.00 bits per heavy atom. The lowest BCUT2D eigenvalue weighted by Crippen LogP contribution is -2.15. The molecule has 0 spiro atoms. The number of methoxy groups -OCH3 is 1. The molecule has 3 rings (SSSR count). The van der Waals surface area contributed by atoms with Crippen LogP contribution in [0.1, 0.15) is 16.8 Å². The van der Waals surface area contributed by atoms with Crippen molar-refractivity contribution in [2.45, 2.75) is 20.3 Å². The van der Waals surface area contributed by atoms with Crippen LogP contribution in [0.4, 0.5) is 11.4 Å². The smallest absolute Gasteiger partial charge is 0.271 e. The molecule has 134 valence electrons. The fraction of sp³-hybridized carbons (Fsp3) is 0.222. The number of non-ortho nitro benzene ring substituents is 1. The zero-order valence-corrected chi connectivity index (χ0v) is 14.5. The van der Waals surface area contributed by atoms with E-state index in [-0.39, 0.29) is 23.7 Å². The number of rotatable bonds is 5. The maximum atomic E-state index is 12.4. The molecule has 1 N–H and O–H groups in total. The van der Waals surface area contributed by atoms with Gasteiger partial charge in [-0.15, -0.1) is 0 Å². The summed E-state index contributed by atoms with van der Waals surface area (Å²) in [6, 6.07) is 7.81. The van der Waals surface area contributed by atoms with Gasteiger partial charge in [-0.05, 0) is 43.2 Å². The number of hydrogen-bond acceptors (Lipinski definition) is 6. The number of anilines is 1. The number of aryl methyl sites for hydroxylation is 2. The summed E-state index contributed by atoms with van der Waals surface area (Å²) in [7, 11) is 1.42. The fourth-order valence-electron chi connectivity index (χ4n) is 2.63. The third-order valence-electron chi connectivity index (χ3n) is 4.16. The van der Waals surface area contributed by atoms with Crippen molar-refractivity contribution >= 4 is 28.3 Å². The van der Waals surface area contributed by atoms with E-state index < -0.39 is 4.92 Å². The number of carbonyl (C=O) groups excluding carboxylic acids is 1. The minimum Gasteiger partial charge on any atom is -0.495 e. The SMILES string of the molecule is COc1ccc([N+](=O)[O-])cc1NC(=O)Cc1noc2cc(C)c(C)cc12. The van der Waals surface area contributed by atoms with E-state index >= 15 is 0 Å². The number of hydrogen-bond donors (Lipinski definition) is 1. The first kappa shape index (κ1) is 17.4. The maximum absolute atomic E-state index is 12.4. The van der Waals surface area contributed by atoms with Crippen LogP contribution in [-0.2, 0) is 11.2 Å². The Balaban J connectivity index is 1.85. The fourth-order valence-corrected chi connectivity index (χ4v) is 2.63. The van der Waals surface area contributed by atoms with Crippen molar-refractivity contribution in [3.63, 3.8) is 0 Å². The van der Waals surface area contributed by atoms with Gasteiger partial charge < -0.3 is 14.6 Å². The minimum atomic E-state index is -0.536. The van der Waals surface area contributed by atoms with Gasteiger partial charge >= 0.3 is 0 Å². The number of fused-ring (bicyclic) bond motifs is 1. The van der Waals surface area contributed by atoms with E-state index in [2.05, 4.69) is 10.5 Å². The highest BCUT2D eigenvalue weighted by molar-refractivity contribution is 5.96. The van der Waals surface area contributed by atoms with Gasteiger partial charge in [0.2, 0.25) is 5.91 Å². The number of nitrogens with one attached hydrogen (secondary N) is 1. The lowest BCUT2D eigenvalue weighted by atomic mass is 10.1. The molecule has 0 saturated heterocycles. The Morgan fingerprint density at radius 3 is 2.69 bits per heavy atom. The molecule has 1 heterocycles. The van der Waals surface area contributed by atoms with Crippen molar-refractivity contribution in [3.05, 3.63) is 57.3 Å². The van der Waals surface area contributed by atoms with Crippen molar-refractivity contribution in [3.8, 4) is 5.75 Å². The molecule has 1 aromatic heterocycles. The Bertz CT molecular complexity index is 1010. The molecule has 8 heteroatoms. The highest BCUT2D eigenvalue weighted by Gasteiger charge is 2.17. The molecule has 0 bridgehead atoms. The predicted octanol–water partition coefficient (Wildman–Crippen LogP) is 3.54. The molecule has 3 aromatic rings. The molecule has 26 heavy (non-hydrogen) atoms. The van der Waals surface area contributed by atoms with Gasteiger partial charge in [0.1, 0.15) is 11.4 Å². The van der Waals surface area contributed by atoms with E-state index in [1.165, 1.54) is 25.3 Å². The van der Waals surface area contributed by atoms with Crippen LogP contribution < -0.4 is 10.1 Å². The van der Waals surface area contributed by atoms with Gasteiger partial charge in [0.25, 0.3) is 5.69 Å². The molecule has 2 aromatic carbocycles. The lowest BCUT2D eigenvalue weighted by molar-refractivity contribution is -0.384. The van der Waals surface area contributed by atoms with Gasteiger partial charge in [0.15, 0.2) is 5.58 Å². The number of carbonyl (C=O) groups is 1. The Morgan fingerprint density at radius 1 is 1.27 bits per heavy atom. The van der Waals surface area contributed by atoms with Crippen molar-refractivity contribution in [2.24, 2.45) is 0 Å². The van der Waals surface area contributed by atoms with Gasteiger partial charge in [-0.1, -0.05) is 5.16 Å². The van der Waals surface area contributed by atoms with Crippen molar-refractivity contribution in [1.29, 1.82) is 0 Å². The number of aromatic nitrogens is 1. The molecule has 0 aliphatic rings. The van der Waals surface area contributed by atoms with Crippen LogP contribution in [0, 0.1) is 24.0 Å². The number of nitro benzene ring substituents is 1. The molecular weight excluding hydrogens is 338 g/mol.